The van der Waals surface area contributed by atoms with E-state index in [1.165, 1.54) is 5.56 Å². The zero-order valence-electron chi connectivity index (χ0n) is 14.4. The highest BCUT2D eigenvalue weighted by atomic mass is 16.5. The number of nitrogens with one attached hydrogen (secondary N) is 1. The first-order valence-corrected chi connectivity index (χ1v) is 8.59. The van der Waals surface area contributed by atoms with Gasteiger partial charge in [0, 0.05) is 25.2 Å². The fraction of sp³-hybridized carbons (Fsp3) is 0.474. The standard InChI is InChI=1S/C19H25N3O2/c1-14-18(15(2)24-21-14)11-20-19(23)17-9-6-10-22(13-17)12-16-7-4-3-5-8-16/h3-5,7-8,17H,6,9-13H2,1-2H3,(H,20,23). The van der Waals surface area contributed by atoms with Crippen LogP contribution in [0, 0.1) is 19.8 Å². The number of hydrogen-bond donors (Lipinski definition) is 1. The third kappa shape index (κ3) is 4.03. The lowest BCUT2D eigenvalue weighted by molar-refractivity contribution is -0.126. The topological polar surface area (TPSA) is 58.4 Å². The minimum Gasteiger partial charge on any atom is -0.361 e. The minimum absolute atomic E-state index is 0.0583. The molecule has 0 aliphatic carbocycles. The average molecular weight is 327 g/mol. The quantitative estimate of drug-likeness (QED) is 0.917. The van der Waals surface area contributed by atoms with Crippen molar-refractivity contribution in [2.24, 2.45) is 5.92 Å². The molecule has 1 amide bonds. The summed E-state index contributed by atoms with van der Waals surface area (Å²) in [7, 11) is 0. The Morgan fingerprint density at radius 2 is 2.12 bits per heavy atom. The second kappa shape index (κ2) is 7.62. The molecule has 1 aromatic carbocycles. The van der Waals surface area contributed by atoms with Crippen molar-refractivity contribution < 1.29 is 9.32 Å². The molecule has 2 heterocycles. The van der Waals surface area contributed by atoms with Crippen molar-refractivity contribution in [3.05, 3.63) is 52.9 Å². The van der Waals surface area contributed by atoms with Crippen molar-refractivity contribution in [2.45, 2.75) is 39.8 Å². The lowest BCUT2D eigenvalue weighted by atomic mass is 9.96. The number of benzene rings is 1. The predicted octanol–water partition coefficient (Wildman–Crippen LogP) is 2.82. The summed E-state index contributed by atoms with van der Waals surface area (Å²) in [4.78, 5) is 14.9. The molecule has 1 aliphatic heterocycles. The van der Waals surface area contributed by atoms with Crippen LogP contribution in [0.1, 0.15) is 35.4 Å². The van der Waals surface area contributed by atoms with Gasteiger partial charge in [-0.3, -0.25) is 9.69 Å². The Hall–Kier alpha value is -2.14. The Kier molecular flexibility index (Phi) is 5.30. The van der Waals surface area contributed by atoms with E-state index in [0.29, 0.717) is 6.54 Å². The molecule has 0 radical (unpaired) electrons. The van der Waals surface area contributed by atoms with Gasteiger partial charge in [0.2, 0.25) is 5.91 Å². The van der Waals surface area contributed by atoms with E-state index in [1.807, 2.05) is 19.9 Å². The monoisotopic (exact) mass is 327 g/mol. The highest BCUT2D eigenvalue weighted by molar-refractivity contribution is 5.79. The van der Waals surface area contributed by atoms with Crippen molar-refractivity contribution in [1.29, 1.82) is 0 Å². The number of hydrogen-bond acceptors (Lipinski definition) is 4. The van der Waals surface area contributed by atoms with E-state index in [9.17, 15) is 4.79 Å². The minimum atomic E-state index is 0.0583. The Morgan fingerprint density at radius 1 is 1.33 bits per heavy atom. The number of aromatic nitrogens is 1. The molecule has 1 fully saturated rings. The summed E-state index contributed by atoms with van der Waals surface area (Å²) in [5, 5.41) is 6.99. The lowest BCUT2D eigenvalue weighted by Gasteiger charge is -2.32. The highest BCUT2D eigenvalue weighted by Gasteiger charge is 2.26. The Labute approximate surface area is 143 Å². The van der Waals surface area contributed by atoms with E-state index < -0.39 is 0 Å². The maximum absolute atomic E-state index is 12.5. The number of amides is 1. The normalized spacial score (nSPS) is 18.5. The highest BCUT2D eigenvalue weighted by Crippen LogP contribution is 2.19. The zero-order chi connectivity index (χ0) is 16.9. The molecule has 5 heteroatoms. The lowest BCUT2D eigenvalue weighted by Crippen LogP contribution is -2.42. The summed E-state index contributed by atoms with van der Waals surface area (Å²) < 4.78 is 5.15. The van der Waals surface area contributed by atoms with Crippen LogP contribution < -0.4 is 5.32 Å². The van der Waals surface area contributed by atoms with E-state index in [-0.39, 0.29) is 11.8 Å². The number of rotatable bonds is 5. The van der Waals surface area contributed by atoms with E-state index in [0.717, 1.165) is 49.5 Å². The van der Waals surface area contributed by atoms with Crippen LogP contribution >= 0.6 is 0 Å². The molecule has 1 atom stereocenters. The Bertz CT molecular complexity index is 662. The van der Waals surface area contributed by atoms with Crippen molar-refractivity contribution in [1.82, 2.24) is 15.4 Å². The van der Waals surface area contributed by atoms with Gasteiger partial charge in [-0.1, -0.05) is 35.5 Å². The number of piperidine rings is 1. The van der Waals surface area contributed by atoms with Crippen molar-refractivity contribution >= 4 is 5.91 Å². The smallest absolute Gasteiger partial charge is 0.224 e. The van der Waals surface area contributed by atoms with Crippen LogP contribution in [0.2, 0.25) is 0 Å². The van der Waals surface area contributed by atoms with Gasteiger partial charge in [0.05, 0.1) is 11.6 Å². The van der Waals surface area contributed by atoms with Crippen molar-refractivity contribution in [2.75, 3.05) is 13.1 Å². The third-order valence-corrected chi connectivity index (χ3v) is 4.75. The SMILES string of the molecule is Cc1noc(C)c1CNC(=O)C1CCCN(Cc2ccccc2)C1. The molecule has 5 nitrogen and oxygen atoms in total. The molecule has 0 bridgehead atoms. The molecule has 0 spiro atoms. The molecular weight excluding hydrogens is 302 g/mol. The molecule has 1 aromatic heterocycles. The van der Waals surface area contributed by atoms with Gasteiger partial charge in [-0.05, 0) is 38.8 Å². The van der Waals surface area contributed by atoms with Crippen LogP contribution in [0.4, 0.5) is 0 Å². The molecule has 1 aliphatic rings. The van der Waals surface area contributed by atoms with Crippen LogP contribution in [0.5, 0.6) is 0 Å². The Balaban J connectivity index is 1.53. The van der Waals surface area contributed by atoms with Crippen molar-refractivity contribution in [3.8, 4) is 0 Å². The van der Waals surface area contributed by atoms with Gasteiger partial charge in [0.25, 0.3) is 0 Å². The van der Waals surface area contributed by atoms with E-state index in [2.05, 4.69) is 39.6 Å². The van der Waals surface area contributed by atoms with Gasteiger partial charge in [0.1, 0.15) is 5.76 Å². The molecule has 2 aromatic rings. The molecule has 128 valence electrons. The summed E-state index contributed by atoms with van der Waals surface area (Å²) >= 11 is 0. The average Bonchev–Trinajstić information content (AvgIpc) is 2.92. The fourth-order valence-electron chi connectivity index (χ4n) is 3.33. The van der Waals surface area contributed by atoms with Crippen molar-refractivity contribution in [3.63, 3.8) is 0 Å². The summed E-state index contributed by atoms with van der Waals surface area (Å²) in [5.74, 6) is 0.970. The molecule has 1 unspecified atom stereocenters. The van der Waals surface area contributed by atoms with Gasteiger partial charge < -0.3 is 9.84 Å². The van der Waals surface area contributed by atoms with E-state index in [1.54, 1.807) is 0 Å². The Morgan fingerprint density at radius 3 is 2.83 bits per heavy atom. The molecule has 1 saturated heterocycles. The largest absolute Gasteiger partial charge is 0.361 e. The van der Waals surface area contributed by atoms with Gasteiger partial charge in [0.15, 0.2) is 0 Å². The third-order valence-electron chi connectivity index (χ3n) is 4.75. The van der Waals surface area contributed by atoms with Crippen LogP contribution in [-0.2, 0) is 17.9 Å². The molecule has 3 rings (SSSR count). The maximum Gasteiger partial charge on any atom is 0.224 e. The molecular formula is C19H25N3O2. The summed E-state index contributed by atoms with van der Waals surface area (Å²) in [6.07, 6.45) is 2.02. The predicted molar refractivity (Wildman–Crippen MR) is 92.3 cm³/mol. The van der Waals surface area contributed by atoms with Crippen LogP contribution in [0.25, 0.3) is 0 Å². The fourth-order valence-corrected chi connectivity index (χ4v) is 3.33. The number of carbonyl (C=O) groups is 1. The zero-order valence-corrected chi connectivity index (χ0v) is 14.4. The van der Waals surface area contributed by atoms with Gasteiger partial charge in [-0.2, -0.15) is 0 Å². The van der Waals surface area contributed by atoms with Gasteiger partial charge >= 0.3 is 0 Å². The van der Waals surface area contributed by atoms with E-state index in [4.69, 9.17) is 4.52 Å². The first-order chi connectivity index (χ1) is 11.6. The van der Waals surface area contributed by atoms with Crippen LogP contribution in [0.3, 0.4) is 0 Å². The number of aryl methyl sites for hydroxylation is 2. The van der Waals surface area contributed by atoms with Gasteiger partial charge in [-0.25, -0.2) is 0 Å². The number of carbonyl (C=O) groups excluding carboxylic acids is 1. The first-order valence-electron chi connectivity index (χ1n) is 8.59. The van der Waals surface area contributed by atoms with E-state index >= 15 is 0 Å². The first kappa shape index (κ1) is 16.7. The van der Waals surface area contributed by atoms with Gasteiger partial charge in [-0.15, -0.1) is 0 Å². The molecule has 1 N–H and O–H groups in total. The van der Waals surface area contributed by atoms with Crippen LogP contribution in [0.15, 0.2) is 34.9 Å². The summed E-state index contributed by atoms with van der Waals surface area (Å²) in [6, 6.07) is 10.4. The second-order valence-electron chi connectivity index (χ2n) is 6.58. The summed E-state index contributed by atoms with van der Waals surface area (Å²) in [5.41, 5.74) is 3.14. The number of likely N-dealkylation sites (tertiary alicyclic amines) is 1. The number of nitrogens with zero attached hydrogens (tertiary/aromatic N) is 2. The molecule has 24 heavy (non-hydrogen) atoms. The van der Waals surface area contributed by atoms with Crippen LogP contribution in [-0.4, -0.2) is 29.1 Å². The maximum atomic E-state index is 12.5. The molecule has 0 saturated carbocycles. The second-order valence-corrected chi connectivity index (χ2v) is 6.58. The summed E-state index contributed by atoms with van der Waals surface area (Å²) in [6.45, 7) is 7.07.